The van der Waals surface area contributed by atoms with Crippen LogP contribution in [0.1, 0.15) is 48.2 Å². The predicted molar refractivity (Wildman–Crippen MR) is 103 cm³/mol. The highest BCUT2D eigenvalue weighted by Gasteiger charge is 2.46. The normalized spacial score (nSPS) is 20.4. The molecule has 0 bridgehead atoms. The Morgan fingerprint density at radius 2 is 2.21 bits per heavy atom. The van der Waals surface area contributed by atoms with Crippen molar-refractivity contribution in [2.45, 2.75) is 50.1 Å². The maximum absolute atomic E-state index is 12.6. The fourth-order valence-corrected chi connectivity index (χ4v) is 4.06. The number of aromatic nitrogens is 3. The van der Waals surface area contributed by atoms with Gasteiger partial charge in [-0.15, -0.1) is 5.10 Å². The molecule has 1 aliphatic carbocycles. The number of hydrogen-bond acceptors (Lipinski definition) is 6. The number of carbonyl (C=O) groups is 2. The van der Waals surface area contributed by atoms with Gasteiger partial charge in [0.15, 0.2) is 5.69 Å². The summed E-state index contributed by atoms with van der Waals surface area (Å²) in [6.07, 6.45) is 6.46. The van der Waals surface area contributed by atoms with Crippen molar-refractivity contribution in [1.29, 1.82) is 0 Å². The van der Waals surface area contributed by atoms with Crippen molar-refractivity contribution >= 4 is 17.6 Å². The van der Waals surface area contributed by atoms with E-state index in [0.717, 1.165) is 44.2 Å². The number of hydrogen-bond donors (Lipinski definition) is 2. The lowest BCUT2D eigenvalue weighted by atomic mass is 9.64. The first kappa shape index (κ1) is 18.6. The van der Waals surface area contributed by atoms with Gasteiger partial charge in [0.1, 0.15) is 0 Å². The minimum absolute atomic E-state index is 0.217. The maximum Gasteiger partial charge on any atom is 0.316 e. The number of amides is 1. The minimum Gasteiger partial charge on any atom is -0.468 e. The van der Waals surface area contributed by atoms with E-state index >= 15 is 0 Å². The van der Waals surface area contributed by atoms with Gasteiger partial charge >= 0.3 is 5.97 Å². The molecule has 148 valence electrons. The van der Waals surface area contributed by atoms with Gasteiger partial charge < -0.3 is 15.4 Å². The van der Waals surface area contributed by atoms with E-state index in [4.69, 9.17) is 4.74 Å². The summed E-state index contributed by atoms with van der Waals surface area (Å²) >= 11 is 0. The molecule has 1 saturated heterocycles. The molecule has 0 spiro atoms. The van der Waals surface area contributed by atoms with Gasteiger partial charge in [0, 0.05) is 11.7 Å². The smallest absolute Gasteiger partial charge is 0.316 e. The van der Waals surface area contributed by atoms with Crippen LogP contribution in [0.4, 0.5) is 5.69 Å². The standard InChI is InChI=1S/C20H25N5O3/c1-28-19(27)20(8-4-9-20)14-5-2-6-15(11-14)22-18(26)17-13-25(24-23-17)12-16-7-3-10-21-16/h2,5-6,11,13,16,21H,3-4,7-10,12H2,1H3,(H,22,26). The van der Waals surface area contributed by atoms with E-state index in [1.54, 1.807) is 16.9 Å². The number of nitrogens with one attached hydrogen (secondary N) is 2. The molecule has 1 aromatic carbocycles. The van der Waals surface area contributed by atoms with Crippen molar-refractivity contribution in [2.75, 3.05) is 19.0 Å². The van der Waals surface area contributed by atoms with Crippen molar-refractivity contribution < 1.29 is 14.3 Å². The van der Waals surface area contributed by atoms with Crippen LogP contribution in [0.2, 0.25) is 0 Å². The van der Waals surface area contributed by atoms with Crippen LogP contribution < -0.4 is 10.6 Å². The van der Waals surface area contributed by atoms with E-state index in [2.05, 4.69) is 20.9 Å². The van der Waals surface area contributed by atoms with E-state index in [0.29, 0.717) is 18.3 Å². The van der Waals surface area contributed by atoms with Crippen molar-refractivity contribution in [3.8, 4) is 0 Å². The summed E-state index contributed by atoms with van der Waals surface area (Å²) in [6, 6.07) is 7.79. The van der Waals surface area contributed by atoms with Crippen molar-refractivity contribution in [2.24, 2.45) is 0 Å². The second kappa shape index (κ2) is 7.71. The third-order valence-corrected chi connectivity index (χ3v) is 5.80. The number of ether oxygens (including phenoxy) is 1. The summed E-state index contributed by atoms with van der Waals surface area (Å²) < 4.78 is 6.71. The molecule has 2 fully saturated rings. The molecule has 2 aromatic rings. The molecule has 2 aliphatic rings. The van der Waals surface area contributed by atoms with Crippen LogP contribution in [-0.2, 0) is 21.5 Å². The Kier molecular flexibility index (Phi) is 5.13. The Balaban J connectivity index is 1.45. The molecule has 0 radical (unpaired) electrons. The lowest BCUT2D eigenvalue weighted by molar-refractivity contribution is -0.151. The second-order valence-corrected chi connectivity index (χ2v) is 7.58. The van der Waals surface area contributed by atoms with Gasteiger partial charge in [-0.25, -0.2) is 0 Å². The molecule has 1 aliphatic heterocycles. The van der Waals surface area contributed by atoms with E-state index < -0.39 is 5.41 Å². The first-order valence-corrected chi connectivity index (χ1v) is 9.74. The number of benzene rings is 1. The van der Waals surface area contributed by atoms with Crippen LogP contribution >= 0.6 is 0 Å². The SMILES string of the molecule is COC(=O)C1(c2cccc(NC(=O)c3cn(CC4CCCN4)nn3)c2)CCC1. The molecule has 28 heavy (non-hydrogen) atoms. The third-order valence-electron chi connectivity index (χ3n) is 5.80. The molecule has 8 nitrogen and oxygen atoms in total. The number of carbonyl (C=O) groups excluding carboxylic acids is 2. The number of esters is 1. The highest BCUT2D eigenvalue weighted by molar-refractivity contribution is 6.02. The van der Waals surface area contributed by atoms with Crippen LogP contribution in [0.25, 0.3) is 0 Å². The zero-order valence-corrected chi connectivity index (χ0v) is 16.0. The van der Waals surface area contributed by atoms with Gasteiger partial charge in [-0.05, 0) is 49.9 Å². The Morgan fingerprint density at radius 3 is 2.89 bits per heavy atom. The zero-order valence-electron chi connectivity index (χ0n) is 16.0. The summed E-state index contributed by atoms with van der Waals surface area (Å²) in [5, 5.41) is 14.3. The van der Waals surface area contributed by atoms with E-state index in [-0.39, 0.29) is 17.6 Å². The number of rotatable bonds is 6. The first-order chi connectivity index (χ1) is 13.6. The predicted octanol–water partition coefficient (Wildman–Crippen LogP) is 1.88. The molecule has 2 N–H and O–H groups in total. The lowest BCUT2D eigenvalue weighted by Crippen LogP contribution is -2.43. The van der Waals surface area contributed by atoms with Gasteiger partial charge in [0.05, 0.1) is 25.3 Å². The fourth-order valence-electron chi connectivity index (χ4n) is 4.06. The second-order valence-electron chi connectivity index (χ2n) is 7.58. The van der Waals surface area contributed by atoms with Gasteiger partial charge in [0.2, 0.25) is 0 Å². The van der Waals surface area contributed by atoms with Gasteiger partial charge in [-0.2, -0.15) is 0 Å². The molecule has 1 amide bonds. The van der Waals surface area contributed by atoms with Gasteiger partial charge in [-0.1, -0.05) is 23.8 Å². The molecule has 8 heteroatoms. The highest BCUT2D eigenvalue weighted by atomic mass is 16.5. The van der Waals surface area contributed by atoms with Crippen LogP contribution in [0.15, 0.2) is 30.5 Å². The fraction of sp³-hybridized carbons (Fsp3) is 0.500. The Morgan fingerprint density at radius 1 is 1.36 bits per heavy atom. The van der Waals surface area contributed by atoms with Crippen LogP contribution in [0.5, 0.6) is 0 Å². The summed E-state index contributed by atoms with van der Waals surface area (Å²) in [4.78, 5) is 24.8. The first-order valence-electron chi connectivity index (χ1n) is 9.74. The summed E-state index contributed by atoms with van der Waals surface area (Å²) in [5.74, 6) is -0.533. The Hall–Kier alpha value is -2.74. The van der Waals surface area contributed by atoms with Crippen LogP contribution in [0, 0.1) is 0 Å². The highest BCUT2D eigenvalue weighted by Crippen LogP contribution is 2.45. The quantitative estimate of drug-likeness (QED) is 0.739. The zero-order chi connectivity index (χ0) is 19.6. The molecule has 4 rings (SSSR count). The minimum atomic E-state index is -0.590. The van der Waals surface area contributed by atoms with E-state index in [1.807, 2.05) is 18.2 Å². The van der Waals surface area contributed by atoms with Crippen molar-refractivity contribution in [1.82, 2.24) is 20.3 Å². The summed E-state index contributed by atoms with van der Waals surface area (Å²) in [5.41, 5.74) is 1.19. The topological polar surface area (TPSA) is 98.1 Å². The molecule has 1 saturated carbocycles. The summed E-state index contributed by atoms with van der Waals surface area (Å²) in [7, 11) is 1.42. The van der Waals surface area contributed by atoms with Gasteiger partial charge in [-0.3, -0.25) is 14.3 Å². The van der Waals surface area contributed by atoms with Gasteiger partial charge in [0.25, 0.3) is 5.91 Å². The number of methoxy groups -OCH3 is 1. The molecule has 1 atom stereocenters. The number of anilines is 1. The molecule has 1 aromatic heterocycles. The van der Waals surface area contributed by atoms with Crippen molar-refractivity contribution in [3.63, 3.8) is 0 Å². The average Bonchev–Trinajstić information content (AvgIpc) is 3.33. The molecule has 2 heterocycles. The van der Waals surface area contributed by atoms with Crippen LogP contribution in [-0.4, -0.2) is 46.6 Å². The number of nitrogens with zero attached hydrogens (tertiary/aromatic N) is 3. The Labute approximate surface area is 163 Å². The average molecular weight is 383 g/mol. The van der Waals surface area contributed by atoms with Crippen LogP contribution in [0.3, 0.4) is 0 Å². The molecular formula is C20H25N5O3. The third kappa shape index (κ3) is 3.52. The largest absolute Gasteiger partial charge is 0.468 e. The maximum atomic E-state index is 12.6. The van der Waals surface area contributed by atoms with E-state index in [1.165, 1.54) is 7.11 Å². The van der Waals surface area contributed by atoms with Crippen molar-refractivity contribution in [3.05, 3.63) is 41.7 Å². The Bertz CT molecular complexity index is 868. The lowest BCUT2D eigenvalue weighted by Gasteiger charge is -2.39. The van der Waals surface area contributed by atoms with E-state index in [9.17, 15) is 9.59 Å². The summed E-state index contributed by atoms with van der Waals surface area (Å²) in [6.45, 7) is 1.73. The molecular weight excluding hydrogens is 358 g/mol. The monoisotopic (exact) mass is 383 g/mol. The molecule has 1 unspecified atom stereocenters.